The van der Waals surface area contributed by atoms with Gasteiger partial charge in [0.05, 0.1) is 6.20 Å². The molecule has 0 saturated carbocycles. The monoisotopic (exact) mass is 164 g/mol. The summed E-state index contributed by atoms with van der Waals surface area (Å²) >= 11 is 0. The maximum atomic E-state index is 8.63. The molecule has 1 heterocycles. The summed E-state index contributed by atoms with van der Waals surface area (Å²) in [6.07, 6.45) is 2.88. The van der Waals surface area contributed by atoms with Crippen LogP contribution in [-0.4, -0.2) is 15.5 Å². The van der Waals surface area contributed by atoms with Crippen LogP contribution in [0.5, 0.6) is 5.75 Å². The minimum absolute atomic E-state index is 0.322. The number of aromatic nitrogens is 2. The van der Waals surface area contributed by atoms with Gasteiger partial charge < -0.3 is 9.63 Å². The fourth-order valence-electron chi connectivity index (χ4n) is 0.564. The van der Waals surface area contributed by atoms with Crippen molar-refractivity contribution in [3.8, 4) is 5.75 Å². The molecule has 4 heteroatoms. The summed E-state index contributed by atoms with van der Waals surface area (Å²) < 4.78 is 4.22. The lowest BCUT2D eigenvalue weighted by Gasteiger charge is -1.82. The van der Waals surface area contributed by atoms with Crippen LogP contribution in [0.4, 0.5) is 0 Å². The zero-order chi connectivity index (χ0) is 8.65. The summed E-state index contributed by atoms with van der Waals surface area (Å²) in [6, 6.07) is 8.71. The lowest BCUT2D eigenvalue weighted by Crippen LogP contribution is -1.56. The molecule has 0 fully saturated rings. The van der Waals surface area contributed by atoms with Gasteiger partial charge in [-0.3, -0.25) is 0 Å². The smallest absolute Gasteiger partial charge is 0.144 e. The van der Waals surface area contributed by atoms with Gasteiger partial charge in [-0.2, -0.15) is 0 Å². The number of para-hydroxylation sites is 1. The summed E-state index contributed by atoms with van der Waals surface area (Å²) in [6.45, 7) is 0. The third kappa shape index (κ3) is 3.36. The highest BCUT2D eigenvalue weighted by Crippen LogP contribution is 2.02. The molecule has 2 rings (SSSR count). The van der Waals surface area contributed by atoms with Crippen molar-refractivity contribution in [3.05, 3.63) is 42.8 Å². The highest BCUT2D eigenvalue weighted by Gasteiger charge is 1.74. The molecule has 12 heavy (non-hydrogen) atoms. The van der Waals surface area contributed by atoms with Gasteiger partial charge in [-0.1, -0.05) is 18.2 Å². The number of hydrogen-bond donors (Lipinski definition) is 1. The Bertz CT molecular complexity index is 264. The van der Waals surface area contributed by atoms with Crippen molar-refractivity contribution >= 4 is 0 Å². The Hall–Kier alpha value is -1.84. The third-order valence-electron chi connectivity index (χ3n) is 1.04. The van der Waals surface area contributed by atoms with Gasteiger partial charge in [-0.25, -0.2) is 0 Å². The van der Waals surface area contributed by atoms with Gasteiger partial charge in [0.25, 0.3) is 0 Å². The second-order valence-corrected chi connectivity index (χ2v) is 1.92. The van der Waals surface area contributed by atoms with E-state index in [2.05, 4.69) is 14.9 Å². The zero-order valence-electron chi connectivity index (χ0n) is 6.29. The molecule has 0 bridgehead atoms. The molecule has 0 spiro atoms. The molecule has 62 valence electrons. The molecule has 0 aliphatic rings. The van der Waals surface area contributed by atoms with Crippen molar-refractivity contribution in [2.75, 3.05) is 0 Å². The third-order valence-corrected chi connectivity index (χ3v) is 1.04. The standard InChI is InChI=1S/C6H6O.C2H2N2O/c7-6-4-2-1-3-5-6;1-2-5-4-3-1/h1-5,7H;1-2H. The summed E-state index contributed by atoms with van der Waals surface area (Å²) in [4.78, 5) is 0. The second kappa shape index (κ2) is 4.90. The molecule has 0 amide bonds. The molecule has 1 aromatic heterocycles. The molecule has 4 nitrogen and oxygen atoms in total. The van der Waals surface area contributed by atoms with Crippen LogP contribution < -0.4 is 0 Å². The molecule has 0 unspecified atom stereocenters. The highest BCUT2D eigenvalue weighted by atomic mass is 16.5. The molecule has 1 N–H and O–H groups in total. The Balaban J connectivity index is 0.000000127. The zero-order valence-corrected chi connectivity index (χ0v) is 6.29. The topological polar surface area (TPSA) is 59.2 Å². The Morgan fingerprint density at radius 2 is 1.92 bits per heavy atom. The molecular weight excluding hydrogens is 156 g/mol. The average Bonchev–Trinajstić information content (AvgIpc) is 2.62. The summed E-state index contributed by atoms with van der Waals surface area (Å²) in [5.41, 5.74) is 0. The van der Waals surface area contributed by atoms with Gasteiger partial charge in [0.15, 0.2) is 0 Å². The molecule has 0 radical (unpaired) electrons. The first-order valence-electron chi connectivity index (χ1n) is 3.34. The fraction of sp³-hybridized carbons (Fsp3) is 0. The quantitative estimate of drug-likeness (QED) is 0.640. The van der Waals surface area contributed by atoms with E-state index in [4.69, 9.17) is 5.11 Å². The largest absolute Gasteiger partial charge is 0.508 e. The van der Waals surface area contributed by atoms with Crippen LogP contribution in [0.15, 0.2) is 47.3 Å². The summed E-state index contributed by atoms with van der Waals surface area (Å²) in [5, 5.41) is 15.0. The Morgan fingerprint density at radius 3 is 2.17 bits per heavy atom. The SMILES string of the molecule is Oc1ccccc1.c1conn1. The van der Waals surface area contributed by atoms with Gasteiger partial charge in [-0.05, 0) is 12.1 Å². The number of hydrogen-bond acceptors (Lipinski definition) is 4. The Kier molecular flexibility index (Phi) is 3.37. The summed E-state index contributed by atoms with van der Waals surface area (Å²) in [7, 11) is 0. The van der Waals surface area contributed by atoms with E-state index in [1.54, 1.807) is 24.3 Å². The van der Waals surface area contributed by atoms with Crippen LogP contribution in [0.3, 0.4) is 0 Å². The van der Waals surface area contributed by atoms with Crippen LogP contribution in [-0.2, 0) is 0 Å². The van der Waals surface area contributed by atoms with E-state index in [1.807, 2.05) is 6.07 Å². The van der Waals surface area contributed by atoms with E-state index < -0.39 is 0 Å². The molecule has 0 aliphatic carbocycles. The van der Waals surface area contributed by atoms with E-state index in [-0.39, 0.29) is 0 Å². The Labute approximate surface area is 69.4 Å². The van der Waals surface area contributed by atoms with Crippen LogP contribution >= 0.6 is 0 Å². The van der Waals surface area contributed by atoms with Crippen LogP contribution in [0, 0.1) is 0 Å². The second-order valence-electron chi connectivity index (χ2n) is 1.92. The molecule has 0 saturated heterocycles. The predicted molar refractivity (Wildman–Crippen MR) is 42.4 cm³/mol. The predicted octanol–water partition coefficient (Wildman–Crippen LogP) is 1.46. The fourth-order valence-corrected chi connectivity index (χ4v) is 0.564. The van der Waals surface area contributed by atoms with Gasteiger partial charge in [0.1, 0.15) is 12.0 Å². The van der Waals surface area contributed by atoms with Crippen molar-refractivity contribution < 1.29 is 9.63 Å². The molecular formula is C8H8N2O2. The van der Waals surface area contributed by atoms with Crippen LogP contribution in [0.25, 0.3) is 0 Å². The molecule has 2 aromatic rings. The maximum absolute atomic E-state index is 8.63. The minimum Gasteiger partial charge on any atom is -0.508 e. The van der Waals surface area contributed by atoms with Crippen molar-refractivity contribution in [2.45, 2.75) is 0 Å². The van der Waals surface area contributed by atoms with Gasteiger partial charge in [0, 0.05) is 5.27 Å². The number of phenols is 1. The highest BCUT2D eigenvalue weighted by molar-refractivity contribution is 5.18. The normalized spacial score (nSPS) is 8.33. The van der Waals surface area contributed by atoms with Crippen molar-refractivity contribution in [3.63, 3.8) is 0 Å². The molecule has 0 atom stereocenters. The van der Waals surface area contributed by atoms with E-state index in [0.29, 0.717) is 5.75 Å². The van der Waals surface area contributed by atoms with E-state index >= 15 is 0 Å². The average molecular weight is 164 g/mol. The van der Waals surface area contributed by atoms with Crippen molar-refractivity contribution in [2.24, 2.45) is 0 Å². The first kappa shape index (κ1) is 8.26. The number of nitrogens with zero attached hydrogens (tertiary/aromatic N) is 2. The van der Waals surface area contributed by atoms with Gasteiger partial charge in [0.2, 0.25) is 0 Å². The first-order valence-corrected chi connectivity index (χ1v) is 3.34. The number of rotatable bonds is 0. The summed E-state index contributed by atoms with van der Waals surface area (Å²) in [5.74, 6) is 0.322. The first-order chi connectivity index (χ1) is 5.89. The van der Waals surface area contributed by atoms with Crippen molar-refractivity contribution in [1.29, 1.82) is 0 Å². The van der Waals surface area contributed by atoms with Gasteiger partial charge >= 0.3 is 0 Å². The lowest BCUT2D eigenvalue weighted by molar-refractivity contribution is 0.393. The van der Waals surface area contributed by atoms with E-state index in [1.165, 1.54) is 12.5 Å². The minimum atomic E-state index is 0.322. The van der Waals surface area contributed by atoms with Crippen molar-refractivity contribution in [1.82, 2.24) is 10.4 Å². The molecule has 0 aliphatic heterocycles. The van der Waals surface area contributed by atoms with E-state index in [0.717, 1.165) is 0 Å². The number of aromatic hydroxyl groups is 1. The Morgan fingerprint density at radius 1 is 1.17 bits per heavy atom. The van der Waals surface area contributed by atoms with E-state index in [9.17, 15) is 0 Å². The number of phenolic OH excluding ortho intramolecular Hbond substituents is 1. The van der Waals surface area contributed by atoms with Crippen LogP contribution in [0.2, 0.25) is 0 Å². The molecule has 1 aromatic carbocycles. The maximum Gasteiger partial charge on any atom is 0.144 e. The van der Waals surface area contributed by atoms with Gasteiger partial charge in [-0.15, -0.1) is 5.10 Å². The number of benzene rings is 1. The lowest BCUT2D eigenvalue weighted by atomic mass is 10.3. The van der Waals surface area contributed by atoms with Crippen LogP contribution in [0.1, 0.15) is 0 Å².